The molecule has 0 saturated carbocycles. The highest BCUT2D eigenvalue weighted by Crippen LogP contribution is 2.45. The van der Waals surface area contributed by atoms with Gasteiger partial charge in [0.05, 0.1) is 26.4 Å². The Balaban J connectivity index is 5.44. The second-order valence-corrected chi connectivity index (χ2v) is 29.8. The van der Waals surface area contributed by atoms with Gasteiger partial charge in [0, 0.05) is 25.7 Å². The molecule has 0 amide bonds. The van der Waals surface area contributed by atoms with Gasteiger partial charge < -0.3 is 33.8 Å². The Kier molecular flexibility index (Phi) is 75.4. The third-order valence-corrected chi connectivity index (χ3v) is 18.6. The molecule has 108 heavy (non-hydrogen) atoms. The molecule has 0 aliphatic carbocycles. The molecule has 0 saturated heterocycles. The molecule has 17 nitrogen and oxygen atoms in total. The van der Waals surface area contributed by atoms with Crippen LogP contribution in [0.1, 0.15) is 310 Å². The lowest BCUT2D eigenvalue weighted by Gasteiger charge is -2.21. The summed E-state index contributed by atoms with van der Waals surface area (Å²) in [5, 5.41) is 10.7. The number of ether oxygens (including phenoxy) is 4. The lowest BCUT2D eigenvalue weighted by molar-refractivity contribution is -0.161. The molecule has 0 fully saturated rings. The van der Waals surface area contributed by atoms with Crippen molar-refractivity contribution < 1.29 is 80.2 Å². The summed E-state index contributed by atoms with van der Waals surface area (Å²) >= 11 is 0. The fraction of sp³-hybridized carbons (Fsp3) is 0.640. The van der Waals surface area contributed by atoms with E-state index in [0.29, 0.717) is 25.7 Å². The van der Waals surface area contributed by atoms with E-state index in [1.807, 2.05) is 0 Å². The van der Waals surface area contributed by atoms with Crippen LogP contribution in [0.3, 0.4) is 0 Å². The number of aliphatic hydroxyl groups is 1. The number of aliphatic hydroxyl groups excluding tert-OH is 1. The molecule has 19 heteroatoms. The Hall–Kier alpha value is -5.58. The monoisotopic (exact) mass is 1550 g/mol. The van der Waals surface area contributed by atoms with E-state index in [2.05, 4.69) is 198 Å². The summed E-state index contributed by atoms with van der Waals surface area (Å²) in [5.74, 6) is -2.27. The largest absolute Gasteiger partial charge is 0.472 e. The van der Waals surface area contributed by atoms with Crippen molar-refractivity contribution in [2.45, 2.75) is 329 Å². The summed E-state index contributed by atoms with van der Waals surface area (Å²) in [6, 6.07) is 0. The van der Waals surface area contributed by atoms with Crippen LogP contribution in [0, 0.1) is 0 Å². The van der Waals surface area contributed by atoms with Crippen molar-refractivity contribution >= 4 is 39.5 Å². The topological polar surface area (TPSA) is 237 Å². The lowest BCUT2D eigenvalue weighted by Crippen LogP contribution is -2.30. The van der Waals surface area contributed by atoms with Gasteiger partial charge in [-0.05, 0) is 173 Å². The Morgan fingerprint density at radius 2 is 0.481 bits per heavy atom. The molecule has 0 aromatic rings. The Bertz CT molecular complexity index is 2710. The fourth-order valence-electron chi connectivity index (χ4n) is 10.5. The quantitative estimate of drug-likeness (QED) is 0.0169. The van der Waals surface area contributed by atoms with Gasteiger partial charge in [0.2, 0.25) is 0 Å². The molecule has 0 radical (unpaired) electrons. The molecule has 5 atom stereocenters. The first-order chi connectivity index (χ1) is 52.7. The van der Waals surface area contributed by atoms with Crippen LogP contribution in [-0.4, -0.2) is 96.7 Å². The van der Waals surface area contributed by atoms with Crippen molar-refractivity contribution in [2.24, 2.45) is 0 Å². The molecule has 0 heterocycles. The number of phosphoric acid groups is 2. The number of phosphoric ester groups is 2. The van der Waals surface area contributed by atoms with Gasteiger partial charge in [0.15, 0.2) is 12.2 Å². The number of carbonyl (C=O) groups is 4. The van der Waals surface area contributed by atoms with Crippen molar-refractivity contribution in [1.82, 2.24) is 0 Å². The van der Waals surface area contributed by atoms with Gasteiger partial charge in [-0.15, -0.1) is 0 Å². The first-order valence-corrected chi connectivity index (χ1v) is 44.4. The van der Waals surface area contributed by atoms with Crippen LogP contribution in [0.2, 0.25) is 0 Å². The Labute approximate surface area is 654 Å². The van der Waals surface area contributed by atoms with Crippen molar-refractivity contribution in [1.29, 1.82) is 0 Å². The number of carbonyl (C=O) groups excluding carboxylic acids is 4. The molecule has 0 rings (SSSR count). The molecule has 5 unspecified atom stereocenters. The molecule has 0 spiro atoms. The Morgan fingerprint density at radius 1 is 0.269 bits per heavy atom. The van der Waals surface area contributed by atoms with E-state index < -0.39 is 97.5 Å². The van der Waals surface area contributed by atoms with Gasteiger partial charge in [-0.3, -0.25) is 37.3 Å². The van der Waals surface area contributed by atoms with Crippen LogP contribution in [0.4, 0.5) is 0 Å². The molecular weight excluding hydrogens is 1400 g/mol. The predicted molar refractivity (Wildman–Crippen MR) is 445 cm³/mol. The number of rotatable bonds is 76. The van der Waals surface area contributed by atoms with E-state index in [9.17, 15) is 43.2 Å². The van der Waals surface area contributed by atoms with E-state index in [-0.39, 0.29) is 25.7 Å². The second-order valence-electron chi connectivity index (χ2n) is 26.9. The summed E-state index contributed by atoms with van der Waals surface area (Å²) in [6.07, 6.45) is 94.6. The third kappa shape index (κ3) is 78.5. The van der Waals surface area contributed by atoms with E-state index in [1.165, 1.54) is 25.7 Å². The molecule has 0 bridgehead atoms. The molecular formula is C89H146O17P2. The summed E-state index contributed by atoms with van der Waals surface area (Å²) in [6.45, 7) is 4.43. The highest BCUT2D eigenvalue weighted by atomic mass is 31.2. The van der Waals surface area contributed by atoms with Gasteiger partial charge in [0.25, 0.3) is 0 Å². The summed E-state index contributed by atoms with van der Waals surface area (Å²) in [4.78, 5) is 73.2. The van der Waals surface area contributed by atoms with E-state index in [4.69, 9.17) is 37.0 Å². The minimum atomic E-state index is -5.00. The zero-order valence-corrected chi connectivity index (χ0v) is 69.0. The average Bonchev–Trinajstić information content (AvgIpc) is 0.916. The average molecular weight is 1550 g/mol. The SMILES string of the molecule is CC/C=C\C/C=C\C/C=C\C/C=C\C/C=C\CCCCCC(=O)OCC(COP(=O)(O)OCC(O)COP(=O)(O)OCC(COC(=O)CCCCCCCC/C=C\C/C=C\C/C=C\C/C=C\CC)OC(=O)CCCCCC/C=C\C/C=C\C/C=C\C/C=C\CC)OC(=O)CCCCCCC/C=C\CCCCCC. The lowest BCUT2D eigenvalue weighted by atomic mass is 10.1. The van der Waals surface area contributed by atoms with Gasteiger partial charge >= 0.3 is 39.5 Å². The van der Waals surface area contributed by atoms with Gasteiger partial charge in [-0.2, -0.15) is 0 Å². The maximum Gasteiger partial charge on any atom is 0.472 e. The van der Waals surface area contributed by atoms with Crippen LogP contribution < -0.4 is 0 Å². The molecule has 0 aliphatic heterocycles. The molecule has 0 aromatic carbocycles. The van der Waals surface area contributed by atoms with Gasteiger partial charge in [0.1, 0.15) is 19.3 Å². The Morgan fingerprint density at radius 3 is 0.759 bits per heavy atom. The van der Waals surface area contributed by atoms with Gasteiger partial charge in [-0.1, -0.05) is 281 Å². The van der Waals surface area contributed by atoms with Gasteiger partial charge in [-0.25, -0.2) is 9.13 Å². The van der Waals surface area contributed by atoms with E-state index in [0.717, 1.165) is 205 Å². The van der Waals surface area contributed by atoms with Crippen molar-refractivity contribution in [2.75, 3.05) is 39.6 Å². The minimum Gasteiger partial charge on any atom is -0.462 e. The number of allylic oxidation sites excluding steroid dienone is 28. The fourth-order valence-corrected chi connectivity index (χ4v) is 12.0. The first kappa shape index (κ1) is 102. The predicted octanol–water partition coefficient (Wildman–Crippen LogP) is 24.6. The summed E-state index contributed by atoms with van der Waals surface area (Å²) in [7, 11) is -10.00. The van der Waals surface area contributed by atoms with Crippen LogP contribution >= 0.6 is 15.6 Å². The molecule has 0 aromatic heterocycles. The van der Waals surface area contributed by atoms with Crippen molar-refractivity contribution in [3.05, 3.63) is 170 Å². The first-order valence-electron chi connectivity index (χ1n) is 41.4. The summed E-state index contributed by atoms with van der Waals surface area (Å²) in [5.41, 5.74) is 0. The highest BCUT2D eigenvalue weighted by Gasteiger charge is 2.30. The maximum atomic E-state index is 13.1. The summed E-state index contributed by atoms with van der Waals surface area (Å²) < 4.78 is 68.7. The third-order valence-electron chi connectivity index (χ3n) is 16.7. The highest BCUT2D eigenvalue weighted by molar-refractivity contribution is 7.47. The van der Waals surface area contributed by atoms with Crippen LogP contribution in [0.5, 0.6) is 0 Å². The molecule has 0 aliphatic rings. The molecule has 614 valence electrons. The van der Waals surface area contributed by atoms with Crippen LogP contribution in [0.25, 0.3) is 0 Å². The van der Waals surface area contributed by atoms with Crippen LogP contribution in [-0.2, 0) is 65.4 Å². The minimum absolute atomic E-state index is 0.0570. The normalized spacial score (nSPS) is 14.7. The second kappa shape index (κ2) is 79.5. The van der Waals surface area contributed by atoms with Crippen LogP contribution in [0.15, 0.2) is 170 Å². The molecule has 3 N–H and O–H groups in total. The smallest absolute Gasteiger partial charge is 0.462 e. The van der Waals surface area contributed by atoms with Crippen molar-refractivity contribution in [3.63, 3.8) is 0 Å². The number of hydrogen-bond donors (Lipinski definition) is 3. The number of esters is 4. The van der Waals surface area contributed by atoms with E-state index in [1.54, 1.807) is 0 Å². The van der Waals surface area contributed by atoms with E-state index >= 15 is 0 Å². The van der Waals surface area contributed by atoms with Crippen molar-refractivity contribution in [3.8, 4) is 0 Å². The zero-order valence-electron chi connectivity index (χ0n) is 67.2. The maximum absolute atomic E-state index is 13.1. The number of hydrogen-bond acceptors (Lipinski definition) is 15. The zero-order chi connectivity index (χ0) is 78.9. The number of unbranched alkanes of at least 4 members (excludes halogenated alkanes) is 22. The standard InChI is InChI=1S/C89H146O17P2/c1-5-9-13-17-21-25-29-33-36-39-41-44-46-50-53-57-61-65-69-73-86(91)99-79-84(105-88(93)75-71-67-63-59-55-49-32-28-24-20-16-12-8-4)81-103-107(95,96)101-77-83(90)78-102-108(97,98)104-82-85(106-89(94)76-72-68-64-60-56-52-48-43-38-35-31-27-23-19-15-11-7-3)80-100-87(92)74-70-66-62-58-54-51-47-45-42-40-37-34-30-26-22-18-14-10-6-2/h9-11,13-15,21-23,25-28,32-38,41-42,44-45,48,50,52-53,83-85,90H,5-8,12,16-20,24,29-31,39-40,43,46-47,49,51,54-82H2,1-4H3,(H,95,96)(H,97,98)/b13-9-,14-10-,15-11-,25-21-,26-22-,27-23-,32-28-,36-33-,37-34-,38-35-,44-41-,45-42-,52-48-,53-50-.